The lowest BCUT2D eigenvalue weighted by Gasteiger charge is -2.38. The molecule has 3 nitrogen and oxygen atoms in total. The Balaban J connectivity index is 2.24. The molecule has 1 atom stereocenters. The number of nitriles is 1. The normalized spacial score (nSPS) is 22.8. The quantitative estimate of drug-likeness (QED) is 0.757. The minimum Gasteiger partial charge on any atom is -0.361 e. The SMILES string of the molecule is CC1=C(C#N)C(c2cc(Br)ccc2F)C2=C(CC(C)(C)CC2=O)N1. The molecule has 1 N–H and O–H groups in total. The molecule has 2 aliphatic rings. The fourth-order valence-electron chi connectivity index (χ4n) is 3.63. The maximum atomic E-state index is 14.5. The average molecular weight is 389 g/mol. The van der Waals surface area contributed by atoms with Crippen molar-refractivity contribution in [2.45, 2.75) is 39.5 Å². The lowest BCUT2D eigenvalue weighted by atomic mass is 9.69. The van der Waals surface area contributed by atoms with Crippen LogP contribution >= 0.6 is 15.9 Å². The minimum atomic E-state index is -0.646. The molecule has 0 amide bonds. The number of carbonyl (C=O) groups is 1. The van der Waals surface area contributed by atoms with Crippen molar-refractivity contribution in [1.29, 1.82) is 5.26 Å². The lowest BCUT2D eigenvalue weighted by molar-refractivity contribution is -0.118. The largest absolute Gasteiger partial charge is 0.361 e. The fraction of sp³-hybridized carbons (Fsp3) is 0.368. The number of ketones is 1. The van der Waals surface area contributed by atoms with Gasteiger partial charge >= 0.3 is 0 Å². The molecule has 0 saturated heterocycles. The summed E-state index contributed by atoms with van der Waals surface area (Å²) < 4.78 is 15.2. The third kappa shape index (κ3) is 2.80. The monoisotopic (exact) mass is 388 g/mol. The maximum Gasteiger partial charge on any atom is 0.162 e. The molecule has 0 spiro atoms. The van der Waals surface area contributed by atoms with Crippen LogP contribution in [0.25, 0.3) is 0 Å². The van der Waals surface area contributed by atoms with E-state index >= 15 is 0 Å². The Morgan fingerprint density at radius 1 is 1.38 bits per heavy atom. The van der Waals surface area contributed by atoms with E-state index in [1.807, 2.05) is 13.8 Å². The molecule has 1 aromatic rings. The second kappa shape index (κ2) is 5.86. The zero-order chi connectivity index (χ0) is 17.6. The first-order chi connectivity index (χ1) is 11.2. The number of nitrogens with zero attached hydrogens (tertiary/aromatic N) is 1. The number of benzene rings is 1. The van der Waals surface area contributed by atoms with Crippen LogP contribution < -0.4 is 5.32 Å². The molecule has 1 aliphatic carbocycles. The molecule has 1 aliphatic heterocycles. The van der Waals surface area contributed by atoms with Gasteiger partial charge in [0.05, 0.1) is 17.6 Å². The predicted molar refractivity (Wildman–Crippen MR) is 93.3 cm³/mol. The Morgan fingerprint density at radius 2 is 2.08 bits per heavy atom. The molecule has 0 fully saturated rings. The number of nitrogens with one attached hydrogen (secondary N) is 1. The van der Waals surface area contributed by atoms with Gasteiger partial charge in [-0.15, -0.1) is 0 Å². The van der Waals surface area contributed by atoms with Crippen LogP contribution in [0, 0.1) is 22.6 Å². The van der Waals surface area contributed by atoms with Crippen LogP contribution in [0.1, 0.15) is 45.1 Å². The highest BCUT2D eigenvalue weighted by Crippen LogP contribution is 2.47. The zero-order valence-corrected chi connectivity index (χ0v) is 15.4. The van der Waals surface area contributed by atoms with E-state index in [-0.39, 0.29) is 11.2 Å². The van der Waals surface area contributed by atoms with Gasteiger partial charge in [0.15, 0.2) is 5.78 Å². The van der Waals surface area contributed by atoms with E-state index in [0.717, 1.165) is 10.2 Å². The zero-order valence-electron chi connectivity index (χ0n) is 13.8. The molecular formula is C19H18BrFN2O. The van der Waals surface area contributed by atoms with Crippen molar-refractivity contribution in [3.8, 4) is 6.07 Å². The van der Waals surface area contributed by atoms with Crippen molar-refractivity contribution < 1.29 is 9.18 Å². The van der Waals surface area contributed by atoms with E-state index < -0.39 is 11.7 Å². The summed E-state index contributed by atoms with van der Waals surface area (Å²) in [5, 5.41) is 12.8. The van der Waals surface area contributed by atoms with Crippen LogP contribution in [0.15, 0.2) is 45.2 Å². The second-order valence-electron chi connectivity index (χ2n) is 7.21. The highest BCUT2D eigenvalue weighted by molar-refractivity contribution is 9.10. The lowest BCUT2D eigenvalue weighted by Crippen LogP contribution is -2.37. The van der Waals surface area contributed by atoms with Gasteiger partial charge in [-0.2, -0.15) is 5.26 Å². The molecule has 0 aromatic heterocycles. The van der Waals surface area contributed by atoms with Crippen molar-refractivity contribution in [3.63, 3.8) is 0 Å². The summed E-state index contributed by atoms with van der Waals surface area (Å²) in [4.78, 5) is 12.8. The number of dihydropyridines is 1. The van der Waals surface area contributed by atoms with Crippen LogP contribution in [0.2, 0.25) is 0 Å². The van der Waals surface area contributed by atoms with Crippen LogP contribution in [-0.4, -0.2) is 5.78 Å². The molecule has 3 rings (SSSR count). The smallest absolute Gasteiger partial charge is 0.162 e. The molecule has 1 unspecified atom stereocenters. The molecule has 1 aromatic carbocycles. The minimum absolute atomic E-state index is 0.0154. The maximum absolute atomic E-state index is 14.5. The van der Waals surface area contributed by atoms with Gasteiger partial charge in [-0.05, 0) is 37.0 Å². The van der Waals surface area contributed by atoms with Crippen LogP contribution in [0.5, 0.6) is 0 Å². The van der Waals surface area contributed by atoms with E-state index in [4.69, 9.17) is 0 Å². The number of halogens is 2. The molecular weight excluding hydrogens is 371 g/mol. The molecule has 0 saturated carbocycles. The van der Waals surface area contributed by atoms with E-state index in [2.05, 4.69) is 27.3 Å². The number of hydrogen-bond acceptors (Lipinski definition) is 3. The van der Waals surface area contributed by atoms with Crippen molar-refractivity contribution in [2.75, 3.05) is 0 Å². The highest BCUT2D eigenvalue weighted by atomic mass is 79.9. The molecule has 124 valence electrons. The van der Waals surface area contributed by atoms with Gasteiger partial charge in [-0.25, -0.2) is 4.39 Å². The Hall–Kier alpha value is -1.93. The van der Waals surface area contributed by atoms with Gasteiger partial charge in [-0.3, -0.25) is 4.79 Å². The standard InChI is InChI=1S/C19H18BrFN2O/c1-10-13(9-22)17(12-6-11(20)4-5-14(12)21)18-15(23-10)7-19(2,3)8-16(18)24/h4-6,17,23H,7-8H2,1-3H3. The summed E-state index contributed by atoms with van der Waals surface area (Å²) in [6.07, 6.45) is 1.10. The first kappa shape index (κ1) is 16.9. The first-order valence-corrected chi connectivity index (χ1v) is 8.62. The number of carbonyl (C=O) groups excluding carboxylic acids is 1. The van der Waals surface area contributed by atoms with Gasteiger partial charge < -0.3 is 5.32 Å². The Bertz CT molecular complexity index is 845. The fourth-order valence-corrected chi connectivity index (χ4v) is 4.01. The van der Waals surface area contributed by atoms with E-state index in [0.29, 0.717) is 35.2 Å². The number of allylic oxidation sites excluding steroid dienone is 4. The summed E-state index contributed by atoms with van der Waals surface area (Å²) in [5.74, 6) is -1.07. The number of rotatable bonds is 1. The van der Waals surface area contributed by atoms with E-state index in [9.17, 15) is 14.4 Å². The summed E-state index contributed by atoms with van der Waals surface area (Å²) in [5.41, 5.74) is 2.66. The third-order valence-corrected chi connectivity index (χ3v) is 5.12. The summed E-state index contributed by atoms with van der Waals surface area (Å²) in [7, 11) is 0. The Labute approximate surface area is 149 Å². The summed E-state index contributed by atoms with van der Waals surface area (Å²) in [6, 6.07) is 6.81. The molecule has 1 heterocycles. The second-order valence-corrected chi connectivity index (χ2v) is 8.12. The number of hydrogen-bond donors (Lipinski definition) is 1. The van der Waals surface area contributed by atoms with Gasteiger partial charge in [0.25, 0.3) is 0 Å². The van der Waals surface area contributed by atoms with Gasteiger partial charge in [0.1, 0.15) is 5.82 Å². The van der Waals surface area contributed by atoms with E-state index in [1.165, 1.54) is 6.07 Å². The Kier molecular flexibility index (Phi) is 4.13. The Morgan fingerprint density at radius 3 is 2.75 bits per heavy atom. The molecule has 0 bridgehead atoms. The van der Waals surface area contributed by atoms with Crippen molar-refractivity contribution in [3.05, 3.63) is 56.6 Å². The van der Waals surface area contributed by atoms with Crippen molar-refractivity contribution in [1.82, 2.24) is 5.32 Å². The van der Waals surface area contributed by atoms with Crippen molar-refractivity contribution in [2.24, 2.45) is 5.41 Å². The van der Waals surface area contributed by atoms with Crippen molar-refractivity contribution >= 4 is 21.7 Å². The van der Waals surface area contributed by atoms with E-state index in [1.54, 1.807) is 19.1 Å². The average Bonchev–Trinajstić information content (AvgIpc) is 2.47. The highest BCUT2D eigenvalue weighted by Gasteiger charge is 2.41. The summed E-state index contributed by atoms with van der Waals surface area (Å²) in [6.45, 7) is 5.89. The molecule has 5 heteroatoms. The van der Waals surface area contributed by atoms with Crippen LogP contribution in [0.3, 0.4) is 0 Å². The van der Waals surface area contributed by atoms with Crippen LogP contribution in [0.4, 0.5) is 4.39 Å². The molecule has 24 heavy (non-hydrogen) atoms. The van der Waals surface area contributed by atoms with Gasteiger partial charge in [0, 0.05) is 33.4 Å². The number of Topliss-reactive ketones (excluding diaryl/α,β-unsaturated/α-hetero) is 1. The van der Waals surface area contributed by atoms with Crippen LogP contribution in [-0.2, 0) is 4.79 Å². The third-order valence-electron chi connectivity index (χ3n) is 4.63. The summed E-state index contributed by atoms with van der Waals surface area (Å²) >= 11 is 3.36. The first-order valence-electron chi connectivity index (χ1n) is 7.82. The predicted octanol–water partition coefficient (Wildman–Crippen LogP) is 4.72. The topological polar surface area (TPSA) is 52.9 Å². The van der Waals surface area contributed by atoms with Gasteiger partial charge in [-0.1, -0.05) is 29.8 Å². The molecule has 0 radical (unpaired) electrons. The van der Waals surface area contributed by atoms with Gasteiger partial charge in [0.2, 0.25) is 0 Å².